The van der Waals surface area contributed by atoms with Gasteiger partial charge in [-0.1, -0.05) is 18.2 Å². The van der Waals surface area contributed by atoms with Crippen molar-refractivity contribution in [2.45, 2.75) is 13.3 Å². The van der Waals surface area contributed by atoms with Crippen LogP contribution in [0.4, 0.5) is 10.1 Å². The van der Waals surface area contributed by atoms with E-state index in [4.69, 9.17) is 5.26 Å². The van der Waals surface area contributed by atoms with Crippen LogP contribution in [0.2, 0.25) is 0 Å². The number of rotatable bonds is 6. The lowest BCUT2D eigenvalue weighted by Crippen LogP contribution is -2.35. The van der Waals surface area contributed by atoms with Crippen LogP contribution in [0, 0.1) is 17.1 Å². The molecule has 0 bridgehead atoms. The molecule has 0 amide bonds. The first-order chi connectivity index (χ1) is 13.9. The zero-order chi connectivity index (χ0) is 21.0. The second-order valence-corrected chi connectivity index (χ2v) is 6.24. The number of carbonyl (C=O) groups excluding carboxylic acids is 1. The average molecular weight is 392 g/mol. The Hall–Kier alpha value is -3.83. The van der Waals surface area contributed by atoms with Crippen molar-refractivity contribution in [2.24, 2.45) is 0 Å². The van der Waals surface area contributed by atoms with E-state index in [2.05, 4.69) is 10.4 Å². The van der Waals surface area contributed by atoms with Crippen molar-refractivity contribution in [2.75, 3.05) is 12.0 Å². The fraction of sp³-hybridized carbons (Fsp3) is 0.143. The van der Waals surface area contributed by atoms with Crippen LogP contribution in [0.15, 0.2) is 53.3 Å². The fourth-order valence-corrected chi connectivity index (χ4v) is 2.90. The van der Waals surface area contributed by atoms with Crippen LogP contribution in [0.25, 0.3) is 11.3 Å². The van der Waals surface area contributed by atoms with E-state index in [1.54, 1.807) is 24.3 Å². The van der Waals surface area contributed by atoms with E-state index in [-0.39, 0.29) is 30.1 Å². The first-order valence-corrected chi connectivity index (χ1v) is 8.75. The number of nitrogens with zero attached hydrogens (tertiary/aromatic N) is 3. The van der Waals surface area contributed by atoms with Gasteiger partial charge in [0.15, 0.2) is 5.78 Å². The number of anilines is 1. The van der Waals surface area contributed by atoms with Gasteiger partial charge in [-0.05, 0) is 30.3 Å². The highest BCUT2D eigenvalue weighted by Gasteiger charge is 2.21. The molecule has 0 radical (unpaired) electrons. The second kappa shape index (κ2) is 8.46. The van der Waals surface area contributed by atoms with Crippen LogP contribution in [0.5, 0.6) is 0 Å². The maximum atomic E-state index is 13.8. The van der Waals surface area contributed by atoms with Crippen LogP contribution in [-0.2, 0) is 6.42 Å². The Morgan fingerprint density at radius 3 is 2.69 bits per heavy atom. The number of Topliss-reactive ketones (excluding diaryl/α,β-unsaturated/α-hetero) is 1. The third kappa shape index (κ3) is 4.20. The Bertz CT molecular complexity index is 1180. The van der Waals surface area contributed by atoms with Crippen LogP contribution in [0.1, 0.15) is 28.7 Å². The van der Waals surface area contributed by atoms with E-state index in [1.807, 2.05) is 6.07 Å². The Morgan fingerprint density at radius 2 is 2.03 bits per heavy atom. The molecule has 146 valence electrons. The molecule has 2 aromatic carbocycles. The molecule has 29 heavy (non-hydrogen) atoms. The predicted molar refractivity (Wildman–Crippen MR) is 105 cm³/mol. The summed E-state index contributed by atoms with van der Waals surface area (Å²) in [5, 5.41) is 18.4. The summed E-state index contributed by atoms with van der Waals surface area (Å²) in [5.41, 5.74) is 3.36. The number of benzene rings is 2. The molecule has 1 aromatic heterocycles. The lowest BCUT2D eigenvalue weighted by molar-refractivity contribution is 0.100. The molecular weight excluding hydrogens is 375 g/mol. The van der Waals surface area contributed by atoms with Gasteiger partial charge < -0.3 is 5.11 Å². The molecule has 0 atom stereocenters. The molecule has 3 rings (SSSR count). The minimum atomic E-state index is -0.619. The maximum absolute atomic E-state index is 13.8. The van der Waals surface area contributed by atoms with Crippen molar-refractivity contribution in [3.05, 3.63) is 81.7 Å². The summed E-state index contributed by atoms with van der Waals surface area (Å²) < 4.78 is 14.8. The number of aliphatic hydroxyl groups is 1. The van der Waals surface area contributed by atoms with Gasteiger partial charge in [-0.2, -0.15) is 5.26 Å². The Kier molecular flexibility index (Phi) is 5.81. The first kappa shape index (κ1) is 19.9. The zero-order valence-corrected chi connectivity index (χ0v) is 15.5. The van der Waals surface area contributed by atoms with Gasteiger partial charge in [0.25, 0.3) is 5.56 Å². The summed E-state index contributed by atoms with van der Waals surface area (Å²) in [6.45, 7) is 0.947. The number of nitriles is 1. The molecule has 7 nitrogen and oxygen atoms in total. The van der Waals surface area contributed by atoms with Gasteiger partial charge in [0, 0.05) is 25.5 Å². The molecule has 0 aliphatic carbocycles. The van der Waals surface area contributed by atoms with Crippen LogP contribution >= 0.6 is 0 Å². The minimum Gasteiger partial charge on any atom is -0.396 e. The van der Waals surface area contributed by atoms with E-state index in [1.165, 1.54) is 31.2 Å². The van der Waals surface area contributed by atoms with Crippen molar-refractivity contribution < 1.29 is 14.3 Å². The molecule has 2 N–H and O–H groups in total. The molecule has 0 aliphatic heterocycles. The molecular formula is C21H17FN4O3. The summed E-state index contributed by atoms with van der Waals surface area (Å²) in [6, 6.07) is 13.9. The molecule has 0 saturated heterocycles. The van der Waals surface area contributed by atoms with Crippen molar-refractivity contribution in [1.29, 1.82) is 5.26 Å². The summed E-state index contributed by atoms with van der Waals surface area (Å²) in [4.78, 5) is 29.6. The smallest absolute Gasteiger partial charge is 0.291 e. The van der Waals surface area contributed by atoms with Gasteiger partial charge >= 0.3 is 0 Å². The Morgan fingerprint density at radius 1 is 1.28 bits per heavy atom. The van der Waals surface area contributed by atoms with Gasteiger partial charge in [-0.3, -0.25) is 15.0 Å². The third-order valence-corrected chi connectivity index (χ3v) is 4.16. The lowest BCUT2D eigenvalue weighted by atomic mass is 10.1. The number of halogens is 1. The van der Waals surface area contributed by atoms with Crippen molar-refractivity contribution in [1.82, 2.24) is 9.66 Å². The van der Waals surface area contributed by atoms with Crippen molar-refractivity contribution in [3.63, 3.8) is 0 Å². The van der Waals surface area contributed by atoms with Crippen LogP contribution in [0.3, 0.4) is 0 Å². The van der Waals surface area contributed by atoms with Gasteiger partial charge in [0.1, 0.15) is 22.9 Å². The standard InChI is InChI=1S/C21H17FN4O3/c1-13(28)20-19(15-5-3-6-16(22)11-15)24-18(8-9-27)21(29)26(20)25-17-7-2-4-14(10-17)12-23/h2-7,10-11,25,27H,8-9H2,1H3. The minimum absolute atomic E-state index is 0.0145. The van der Waals surface area contributed by atoms with E-state index >= 15 is 0 Å². The highest BCUT2D eigenvalue weighted by atomic mass is 19.1. The Balaban J connectivity index is 2.28. The van der Waals surface area contributed by atoms with Gasteiger partial charge in [-0.25, -0.2) is 14.1 Å². The van der Waals surface area contributed by atoms with E-state index < -0.39 is 17.2 Å². The highest BCUT2D eigenvalue weighted by Crippen LogP contribution is 2.23. The summed E-state index contributed by atoms with van der Waals surface area (Å²) in [6.07, 6.45) is -0.0424. The van der Waals surface area contributed by atoms with Gasteiger partial charge in [-0.15, -0.1) is 0 Å². The predicted octanol–water partition coefficient (Wildman–Crippen LogP) is 2.53. The van der Waals surface area contributed by atoms with Crippen molar-refractivity contribution in [3.8, 4) is 17.3 Å². The number of aromatic nitrogens is 2. The molecule has 0 saturated carbocycles. The monoisotopic (exact) mass is 392 g/mol. The summed E-state index contributed by atoms with van der Waals surface area (Å²) in [5.74, 6) is -0.983. The number of hydrogen-bond acceptors (Lipinski definition) is 6. The average Bonchev–Trinajstić information content (AvgIpc) is 2.70. The Labute approximate surface area is 165 Å². The number of ketones is 1. The quantitative estimate of drug-likeness (QED) is 0.624. The summed E-state index contributed by atoms with van der Waals surface area (Å²) in [7, 11) is 0. The van der Waals surface area contributed by atoms with Crippen LogP contribution < -0.4 is 11.0 Å². The van der Waals surface area contributed by atoms with E-state index in [9.17, 15) is 19.1 Å². The first-order valence-electron chi connectivity index (χ1n) is 8.75. The molecule has 0 aliphatic rings. The number of nitrogens with one attached hydrogen (secondary N) is 1. The number of aliphatic hydroxyl groups excluding tert-OH is 1. The van der Waals surface area contributed by atoms with E-state index in [0.717, 1.165) is 4.68 Å². The molecule has 0 spiro atoms. The molecule has 1 heterocycles. The maximum Gasteiger partial charge on any atom is 0.291 e. The highest BCUT2D eigenvalue weighted by molar-refractivity contribution is 5.98. The van der Waals surface area contributed by atoms with Gasteiger partial charge in [0.05, 0.1) is 17.3 Å². The van der Waals surface area contributed by atoms with Crippen molar-refractivity contribution >= 4 is 11.5 Å². The number of hydrogen-bond donors (Lipinski definition) is 2. The molecule has 8 heteroatoms. The molecule has 0 fully saturated rings. The second-order valence-electron chi connectivity index (χ2n) is 6.24. The number of carbonyl (C=O) groups is 1. The largest absolute Gasteiger partial charge is 0.396 e. The normalized spacial score (nSPS) is 10.4. The molecule has 0 unspecified atom stereocenters. The van der Waals surface area contributed by atoms with E-state index in [0.29, 0.717) is 16.8 Å². The van der Waals surface area contributed by atoms with Crippen LogP contribution in [-0.4, -0.2) is 27.2 Å². The van der Waals surface area contributed by atoms with Gasteiger partial charge in [0.2, 0.25) is 0 Å². The zero-order valence-electron chi connectivity index (χ0n) is 15.5. The molecule has 3 aromatic rings. The lowest BCUT2D eigenvalue weighted by Gasteiger charge is -2.18. The SMILES string of the molecule is CC(=O)c1c(-c2cccc(F)c2)nc(CCO)c(=O)n1Nc1cccc(C#N)c1. The fourth-order valence-electron chi connectivity index (χ4n) is 2.90. The summed E-state index contributed by atoms with van der Waals surface area (Å²) >= 11 is 0. The topological polar surface area (TPSA) is 108 Å². The third-order valence-electron chi connectivity index (χ3n) is 4.16.